The molecule has 0 atom stereocenters. The largest absolute Gasteiger partial charge is 0.418 e. The third-order valence-corrected chi connectivity index (χ3v) is 3.24. The van der Waals surface area contributed by atoms with E-state index in [4.69, 9.17) is 0 Å². The summed E-state index contributed by atoms with van der Waals surface area (Å²) in [5.74, 6) is -0.0646. The Morgan fingerprint density at radius 1 is 1.30 bits per heavy atom. The third kappa shape index (κ3) is 2.57. The van der Waals surface area contributed by atoms with Crippen molar-refractivity contribution in [3.8, 4) is 0 Å². The van der Waals surface area contributed by atoms with Crippen LogP contribution in [0.25, 0.3) is 10.9 Å². The number of aromatic nitrogens is 1. The van der Waals surface area contributed by atoms with E-state index in [9.17, 15) is 18.0 Å². The summed E-state index contributed by atoms with van der Waals surface area (Å²) >= 11 is 0. The molecule has 0 spiro atoms. The van der Waals surface area contributed by atoms with Crippen molar-refractivity contribution < 1.29 is 18.0 Å². The molecule has 108 valence electrons. The molecule has 1 aromatic carbocycles. The molecule has 0 bridgehead atoms. The smallest absolute Gasteiger partial charge is 0.344 e. The molecule has 20 heavy (non-hydrogen) atoms. The number of carbonyl (C=O) groups is 1. The Kier molecular flexibility index (Phi) is 3.63. The molecular weight excluding hydrogens is 267 g/mol. The second-order valence-electron chi connectivity index (χ2n) is 5.23. The lowest BCUT2D eigenvalue weighted by molar-refractivity contribution is -0.136. The van der Waals surface area contributed by atoms with Crippen molar-refractivity contribution in [1.29, 1.82) is 0 Å². The van der Waals surface area contributed by atoms with Crippen LogP contribution >= 0.6 is 0 Å². The molecule has 0 aliphatic carbocycles. The molecule has 2 rings (SSSR count). The van der Waals surface area contributed by atoms with Crippen molar-refractivity contribution in [2.24, 2.45) is 0 Å². The summed E-state index contributed by atoms with van der Waals surface area (Å²) in [6.07, 6.45) is -2.60. The van der Waals surface area contributed by atoms with Crippen molar-refractivity contribution in [2.75, 3.05) is 0 Å². The highest BCUT2D eigenvalue weighted by atomic mass is 19.4. The van der Waals surface area contributed by atoms with E-state index in [0.717, 1.165) is 6.07 Å². The standard InChI is InChI=1S/C15H16F3NO/c1-9(2)19-8-11(7-10(3)20)12-5-4-6-13(14(12)19)15(16,17)18/h4-6,8-9H,7H2,1-3H3. The zero-order valence-corrected chi connectivity index (χ0v) is 11.6. The molecule has 0 aliphatic heterocycles. The first-order valence-electron chi connectivity index (χ1n) is 6.41. The fourth-order valence-corrected chi connectivity index (χ4v) is 2.43. The van der Waals surface area contributed by atoms with Gasteiger partial charge in [0.05, 0.1) is 11.1 Å². The number of alkyl halides is 3. The Morgan fingerprint density at radius 3 is 2.45 bits per heavy atom. The lowest BCUT2D eigenvalue weighted by Crippen LogP contribution is -2.09. The van der Waals surface area contributed by atoms with Gasteiger partial charge in [0, 0.05) is 24.0 Å². The zero-order chi connectivity index (χ0) is 15.1. The van der Waals surface area contributed by atoms with Gasteiger partial charge in [-0.2, -0.15) is 13.2 Å². The van der Waals surface area contributed by atoms with Crippen molar-refractivity contribution in [3.05, 3.63) is 35.5 Å². The van der Waals surface area contributed by atoms with Gasteiger partial charge in [0.1, 0.15) is 5.78 Å². The average molecular weight is 283 g/mol. The van der Waals surface area contributed by atoms with Crippen molar-refractivity contribution in [1.82, 2.24) is 4.57 Å². The van der Waals surface area contributed by atoms with E-state index in [2.05, 4.69) is 0 Å². The number of rotatable bonds is 3. The zero-order valence-electron chi connectivity index (χ0n) is 11.6. The second-order valence-corrected chi connectivity index (χ2v) is 5.23. The summed E-state index contributed by atoms with van der Waals surface area (Å²) in [4.78, 5) is 11.3. The molecule has 0 radical (unpaired) electrons. The van der Waals surface area contributed by atoms with Gasteiger partial charge >= 0.3 is 6.18 Å². The van der Waals surface area contributed by atoms with Gasteiger partial charge in [-0.15, -0.1) is 0 Å². The Morgan fingerprint density at radius 2 is 1.95 bits per heavy atom. The van der Waals surface area contributed by atoms with E-state index in [1.54, 1.807) is 16.8 Å². The molecule has 0 saturated heterocycles. The SMILES string of the molecule is CC(=O)Cc1cn(C(C)C)c2c(C(F)(F)F)cccc12. The summed E-state index contributed by atoms with van der Waals surface area (Å²) in [6.45, 7) is 5.08. The maximum absolute atomic E-state index is 13.2. The Bertz CT molecular complexity index is 653. The van der Waals surface area contributed by atoms with Gasteiger partial charge in [0.25, 0.3) is 0 Å². The van der Waals surface area contributed by atoms with Gasteiger partial charge in [0.2, 0.25) is 0 Å². The summed E-state index contributed by atoms with van der Waals surface area (Å²) in [7, 11) is 0. The van der Waals surface area contributed by atoms with E-state index in [0.29, 0.717) is 10.9 Å². The van der Waals surface area contributed by atoms with Gasteiger partial charge in [-0.3, -0.25) is 4.79 Å². The molecule has 2 aromatic rings. The number of ketones is 1. The van der Waals surface area contributed by atoms with E-state index in [1.165, 1.54) is 13.0 Å². The van der Waals surface area contributed by atoms with Crippen LogP contribution in [0, 0.1) is 0 Å². The van der Waals surface area contributed by atoms with E-state index >= 15 is 0 Å². The van der Waals surface area contributed by atoms with Gasteiger partial charge in [-0.05, 0) is 32.4 Å². The van der Waals surface area contributed by atoms with Gasteiger partial charge < -0.3 is 4.57 Å². The van der Waals surface area contributed by atoms with Crippen LogP contribution in [0.15, 0.2) is 24.4 Å². The van der Waals surface area contributed by atoms with Crippen molar-refractivity contribution >= 4 is 16.7 Å². The third-order valence-electron chi connectivity index (χ3n) is 3.24. The number of hydrogen-bond donors (Lipinski definition) is 0. The number of benzene rings is 1. The van der Waals surface area contributed by atoms with Crippen LogP contribution in [0.2, 0.25) is 0 Å². The highest BCUT2D eigenvalue weighted by Gasteiger charge is 2.34. The molecule has 1 heterocycles. The summed E-state index contributed by atoms with van der Waals surface area (Å²) in [6, 6.07) is 4.00. The quantitative estimate of drug-likeness (QED) is 0.819. The van der Waals surface area contributed by atoms with Crippen LogP contribution in [0.3, 0.4) is 0 Å². The van der Waals surface area contributed by atoms with E-state index in [1.807, 2.05) is 13.8 Å². The highest BCUT2D eigenvalue weighted by molar-refractivity contribution is 5.91. The summed E-state index contributed by atoms with van der Waals surface area (Å²) in [5, 5.41) is 0.503. The first-order chi connectivity index (χ1) is 9.21. The normalized spacial score (nSPS) is 12.3. The first kappa shape index (κ1) is 14.6. The first-order valence-corrected chi connectivity index (χ1v) is 6.41. The Hall–Kier alpha value is -1.78. The lowest BCUT2D eigenvalue weighted by atomic mass is 10.1. The highest BCUT2D eigenvalue weighted by Crippen LogP contribution is 2.37. The number of carbonyl (C=O) groups excluding carboxylic acids is 1. The molecule has 0 N–H and O–H groups in total. The van der Waals surface area contributed by atoms with Crippen LogP contribution in [-0.2, 0) is 17.4 Å². The molecule has 0 saturated carbocycles. The molecule has 0 unspecified atom stereocenters. The Labute approximate surface area is 115 Å². The average Bonchev–Trinajstić information content (AvgIpc) is 2.66. The predicted octanol–water partition coefficient (Wildman–Crippen LogP) is 4.37. The molecule has 0 aliphatic rings. The van der Waals surface area contributed by atoms with Gasteiger partial charge in [-0.1, -0.05) is 12.1 Å². The number of Topliss-reactive ketones (excluding diaryl/α,β-unsaturated/α-hetero) is 1. The number of fused-ring (bicyclic) bond motifs is 1. The van der Waals surface area contributed by atoms with Crippen LogP contribution in [0.1, 0.15) is 37.9 Å². The number of para-hydroxylation sites is 1. The van der Waals surface area contributed by atoms with Crippen molar-refractivity contribution in [2.45, 2.75) is 39.4 Å². The fraction of sp³-hybridized carbons (Fsp3) is 0.400. The molecular formula is C15H16F3NO. The minimum atomic E-state index is -4.40. The second kappa shape index (κ2) is 4.96. The van der Waals surface area contributed by atoms with Gasteiger partial charge in [-0.25, -0.2) is 0 Å². The van der Waals surface area contributed by atoms with Crippen LogP contribution in [-0.4, -0.2) is 10.4 Å². The number of hydrogen-bond acceptors (Lipinski definition) is 1. The summed E-state index contributed by atoms with van der Waals surface area (Å²) in [5.41, 5.74) is 0.150. The van der Waals surface area contributed by atoms with Crippen LogP contribution in [0.4, 0.5) is 13.2 Å². The predicted molar refractivity (Wildman–Crippen MR) is 71.7 cm³/mol. The number of halogens is 3. The van der Waals surface area contributed by atoms with Crippen LogP contribution in [0.5, 0.6) is 0 Å². The minimum Gasteiger partial charge on any atom is -0.344 e. The maximum atomic E-state index is 13.2. The topological polar surface area (TPSA) is 22.0 Å². The van der Waals surface area contributed by atoms with E-state index in [-0.39, 0.29) is 23.8 Å². The fourth-order valence-electron chi connectivity index (χ4n) is 2.43. The molecule has 2 nitrogen and oxygen atoms in total. The molecule has 0 amide bonds. The molecule has 5 heteroatoms. The Balaban J connectivity index is 2.79. The molecule has 1 aromatic heterocycles. The minimum absolute atomic E-state index is 0.0646. The van der Waals surface area contributed by atoms with Gasteiger partial charge in [0.15, 0.2) is 0 Å². The summed E-state index contributed by atoms with van der Waals surface area (Å²) < 4.78 is 41.1. The van der Waals surface area contributed by atoms with Crippen LogP contribution < -0.4 is 0 Å². The lowest BCUT2D eigenvalue weighted by Gasteiger charge is -2.14. The number of nitrogens with zero attached hydrogens (tertiary/aromatic N) is 1. The van der Waals surface area contributed by atoms with Crippen molar-refractivity contribution in [3.63, 3.8) is 0 Å². The molecule has 0 fully saturated rings. The maximum Gasteiger partial charge on any atom is 0.418 e. The monoisotopic (exact) mass is 283 g/mol. The van der Waals surface area contributed by atoms with E-state index < -0.39 is 11.7 Å².